The minimum absolute atomic E-state index is 0.00593. The van der Waals surface area contributed by atoms with Crippen molar-refractivity contribution in [3.63, 3.8) is 0 Å². The number of sulfonamides is 1. The summed E-state index contributed by atoms with van der Waals surface area (Å²) in [7, 11) is -3.89. The van der Waals surface area contributed by atoms with Gasteiger partial charge in [-0.05, 0) is 43.7 Å². The van der Waals surface area contributed by atoms with Crippen LogP contribution in [-0.2, 0) is 27.4 Å². The van der Waals surface area contributed by atoms with Crippen molar-refractivity contribution < 1.29 is 31.5 Å². The Bertz CT molecular complexity index is 1060. The van der Waals surface area contributed by atoms with Gasteiger partial charge in [-0.2, -0.15) is 17.5 Å². The number of halogens is 3. The normalized spacial score (nSPS) is 17.8. The lowest BCUT2D eigenvalue weighted by atomic mass is 10.1. The third-order valence-corrected chi connectivity index (χ3v) is 7.42. The number of carbonyl (C=O) groups is 1. The van der Waals surface area contributed by atoms with Gasteiger partial charge < -0.3 is 10.0 Å². The smallest absolute Gasteiger partial charge is 0.417 e. The number of hydrogen-bond donors (Lipinski definition) is 1. The molecular weight excluding hydrogens is 507 g/mol. The first-order valence-electron chi connectivity index (χ1n) is 12.5. The Hall–Kier alpha value is -2.66. The van der Waals surface area contributed by atoms with E-state index < -0.39 is 33.8 Å². The number of rotatable bonds is 5. The van der Waals surface area contributed by atoms with Crippen molar-refractivity contribution in [2.75, 3.05) is 18.0 Å². The van der Waals surface area contributed by atoms with Gasteiger partial charge in [-0.1, -0.05) is 53.7 Å². The molecule has 1 aliphatic rings. The lowest BCUT2D eigenvalue weighted by Crippen LogP contribution is -2.59. The van der Waals surface area contributed by atoms with E-state index in [-0.39, 0.29) is 30.4 Å². The van der Waals surface area contributed by atoms with E-state index in [9.17, 15) is 26.4 Å². The average Bonchev–Trinajstić information content (AvgIpc) is 2.88. The molecule has 0 bridgehead atoms. The maximum atomic E-state index is 13.2. The van der Waals surface area contributed by atoms with Crippen molar-refractivity contribution in [1.29, 1.82) is 0 Å². The van der Waals surface area contributed by atoms with E-state index in [1.165, 1.54) is 28.6 Å². The minimum atomic E-state index is -4.48. The number of benzene rings is 1. The second-order valence-electron chi connectivity index (χ2n) is 7.41. The largest absolute Gasteiger partial charge is 0.481 e. The third-order valence-electron chi connectivity index (χ3n) is 5.44. The molecule has 2 aromatic rings. The molecule has 0 aliphatic carbocycles. The van der Waals surface area contributed by atoms with Gasteiger partial charge in [0.2, 0.25) is 10.0 Å². The van der Waals surface area contributed by atoms with E-state index in [0.29, 0.717) is 11.4 Å². The summed E-state index contributed by atoms with van der Waals surface area (Å²) in [5, 5.41) is 8.95. The van der Waals surface area contributed by atoms with E-state index >= 15 is 0 Å². The molecule has 1 aliphatic heterocycles. The first-order chi connectivity index (χ1) is 17.4. The number of alkyl halides is 3. The van der Waals surface area contributed by atoms with Crippen molar-refractivity contribution in [3.05, 3.63) is 53.7 Å². The van der Waals surface area contributed by atoms with Crippen LogP contribution in [0.2, 0.25) is 0 Å². The number of anilines is 1. The zero-order chi connectivity index (χ0) is 29.0. The molecule has 2 atom stereocenters. The second kappa shape index (κ2) is 15.6. The fourth-order valence-corrected chi connectivity index (χ4v) is 5.38. The first kappa shape index (κ1) is 34.3. The maximum absolute atomic E-state index is 13.2. The molecule has 0 spiro atoms. The zero-order valence-corrected chi connectivity index (χ0v) is 23.7. The number of aromatic nitrogens is 1. The highest BCUT2D eigenvalue weighted by Crippen LogP contribution is 2.31. The number of nitrogens with zero attached hydrogens (tertiary/aromatic N) is 3. The molecule has 37 heavy (non-hydrogen) atoms. The van der Waals surface area contributed by atoms with E-state index in [0.717, 1.165) is 12.3 Å². The van der Waals surface area contributed by atoms with Crippen molar-refractivity contribution in [3.8, 4) is 0 Å². The van der Waals surface area contributed by atoms with E-state index in [2.05, 4.69) is 4.98 Å². The summed E-state index contributed by atoms with van der Waals surface area (Å²) in [5.41, 5.74) is -0.471. The second-order valence-corrected chi connectivity index (χ2v) is 9.30. The molecule has 0 unspecified atom stereocenters. The van der Waals surface area contributed by atoms with Crippen LogP contribution < -0.4 is 4.90 Å². The number of hydrogen-bond acceptors (Lipinski definition) is 5. The molecule has 1 aromatic carbocycles. The average molecular weight is 548 g/mol. The number of aliphatic carboxylic acids is 1. The molecule has 2 heterocycles. The van der Waals surface area contributed by atoms with Gasteiger partial charge in [0.1, 0.15) is 5.82 Å². The van der Waals surface area contributed by atoms with Crippen LogP contribution in [0.4, 0.5) is 19.0 Å². The summed E-state index contributed by atoms with van der Waals surface area (Å²) in [5.74, 6) is -0.720. The molecular formula is C26H40F3N3O4S. The number of piperazine rings is 1. The SMILES string of the molecule is CC.CC.CC.C[C@@H]1[C@H](C)N(S(=O)(=O)c2cccc(CC(=O)O)c2)CCN1c1ccc(C(F)(F)F)cn1. The molecule has 0 radical (unpaired) electrons. The summed E-state index contributed by atoms with van der Waals surface area (Å²) in [6, 6.07) is 7.21. The highest BCUT2D eigenvalue weighted by Gasteiger charge is 2.39. The highest BCUT2D eigenvalue weighted by molar-refractivity contribution is 7.89. The maximum Gasteiger partial charge on any atom is 0.417 e. The first-order valence-corrected chi connectivity index (χ1v) is 14.0. The Balaban J connectivity index is 0.00000201. The van der Waals surface area contributed by atoms with Crippen LogP contribution >= 0.6 is 0 Å². The predicted octanol–water partition coefficient (Wildman–Crippen LogP) is 6.09. The molecule has 1 N–H and O–H groups in total. The van der Waals surface area contributed by atoms with Crippen LogP contribution in [0.15, 0.2) is 47.5 Å². The fourth-order valence-electron chi connectivity index (χ4n) is 3.63. The summed E-state index contributed by atoms with van der Waals surface area (Å²) < 4.78 is 66.1. The predicted molar refractivity (Wildman–Crippen MR) is 141 cm³/mol. The summed E-state index contributed by atoms with van der Waals surface area (Å²) in [6.45, 7) is 15.9. The van der Waals surface area contributed by atoms with Crippen LogP contribution in [0, 0.1) is 0 Å². The fraction of sp³-hybridized carbons (Fsp3) is 0.538. The van der Waals surface area contributed by atoms with Crippen molar-refractivity contribution >= 4 is 21.8 Å². The monoisotopic (exact) mass is 547 g/mol. The van der Waals surface area contributed by atoms with Gasteiger partial charge in [0.25, 0.3) is 0 Å². The molecule has 0 amide bonds. The van der Waals surface area contributed by atoms with Gasteiger partial charge in [0.05, 0.1) is 16.9 Å². The van der Waals surface area contributed by atoms with Gasteiger partial charge in [-0.25, -0.2) is 13.4 Å². The molecule has 3 rings (SSSR count). The Kier molecular flexibility index (Phi) is 14.4. The van der Waals surface area contributed by atoms with Crippen molar-refractivity contribution in [2.45, 2.75) is 85.0 Å². The topological polar surface area (TPSA) is 90.8 Å². The van der Waals surface area contributed by atoms with Gasteiger partial charge in [0.15, 0.2) is 0 Å². The van der Waals surface area contributed by atoms with Crippen molar-refractivity contribution in [1.82, 2.24) is 9.29 Å². The molecule has 210 valence electrons. The zero-order valence-electron chi connectivity index (χ0n) is 22.9. The number of carboxylic acids is 1. The van der Waals surface area contributed by atoms with E-state index in [4.69, 9.17) is 5.11 Å². The Morgan fingerprint density at radius 3 is 2.08 bits per heavy atom. The molecule has 1 saturated heterocycles. The van der Waals surface area contributed by atoms with Crippen LogP contribution in [0.3, 0.4) is 0 Å². The Morgan fingerprint density at radius 1 is 1.00 bits per heavy atom. The van der Waals surface area contributed by atoms with Crippen LogP contribution in [-0.4, -0.2) is 54.0 Å². The number of carboxylic acid groups (broad SMARTS) is 1. The van der Waals surface area contributed by atoms with Gasteiger partial charge >= 0.3 is 12.1 Å². The van der Waals surface area contributed by atoms with Gasteiger partial charge in [-0.15, -0.1) is 0 Å². The molecule has 11 heteroatoms. The third kappa shape index (κ3) is 8.99. The van der Waals surface area contributed by atoms with E-state index in [1.54, 1.807) is 24.8 Å². The van der Waals surface area contributed by atoms with Crippen LogP contribution in [0.5, 0.6) is 0 Å². The van der Waals surface area contributed by atoms with Crippen LogP contribution in [0.1, 0.15) is 66.5 Å². The molecule has 7 nitrogen and oxygen atoms in total. The molecule has 1 fully saturated rings. The minimum Gasteiger partial charge on any atom is -0.481 e. The lowest BCUT2D eigenvalue weighted by molar-refractivity contribution is -0.138. The lowest BCUT2D eigenvalue weighted by Gasteiger charge is -2.44. The van der Waals surface area contributed by atoms with E-state index in [1.807, 2.05) is 41.5 Å². The summed E-state index contributed by atoms with van der Waals surface area (Å²) >= 11 is 0. The van der Waals surface area contributed by atoms with Crippen LogP contribution in [0.25, 0.3) is 0 Å². The molecule has 1 aromatic heterocycles. The van der Waals surface area contributed by atoms with Gasteiger partial charge in [0, 0.05) is 31.4 Å². The van der Waals surface area contributed by atoms with Gasteiger partial charge in [-0.3, -0.25) is 4.79 Å². The summed E-state index contributed by atoms with van der Waals surface area (Å²) in [4.78, 5) is 16.6. The Labute approximate surface area is 219 Å². The quantitative estimate of drug-likeness (QED) is 0.487. The number of pyridine rings is 1. The molecule has 0 saturated carbocycles. The van der Waals surface area contributed by atoms with Crippen molar-refractivity contribution in [2.24, 2.45) is 0 Å². The Morgan fingerprint density at radius 2 is 1.59 bits per heavy atom. The standard InChI is InChI=1S/C20H22F3N3O4S.3C2H6/c1-13-14(2)26(31(29,30)17-5-3-4-15(10-17)11-19(27)28)9-8-25(13)18-7-6-16(12-24-18)20(21,22)23;3*1-2/h3-7,10,12-14H,8-9,11H2,1-2H3,(H,27,28);3*1-2H3/t13-,14+;;;/m1.../s1. The highest BCUT2D eigenvalue weighted by atomic mass is 32.2. The summed E-state index contributed by atoms with van der Waals surface area (Å²) in [6.07, 6.45) is -4.00.